The van der Waals surface area contributed by atoms with E-state index in [1.54, 1.807) is 20.3 Å². The van der Waals surface area contributed by atoms with Crippen LogP contribution in [0.5, 0.6) is 11.5 Å². The molecule has 0 bridgehead atoms. The molecule has 4 rings (SSSR count). The van der Waals surface area contributed by atoms with Gasteiger partial charge in [0, 0.05) is 6.07 Å². The van der Waals surface area contributed by atoms with Crippen molar-refractivity contribution in [2.24, 2.45) is 0 Å². The first-order valence-electron chi connectivity index (χ1n) is 9.82. The van der Waals surface area contributed by atoms with E-state index in [1.807, 2.05) is 18.2 Å². The van der Waals surface area contributed by atoms with Crippen LogP contribution in [0.1, 0.15) is 30.0 Å². The number of fused-ring (bicyclic) bond motifs is 1. The lowest BCUT2D eigenvalue weighted by Gasteiger charge is -2.26. The molecule has 1 heterocycles. The number of benzene rings is 2. The van der Waals surface area contributed by atoms with Crippen molar-refractivity contribution in [3.8, 4) is 22.9 Å². The average Bonchev–Trinajstić information content (AvgIpc) is 3.26. The molecular weight excluding hydrogens is 400 g/mol. The lowest BCUT2D eigenvalue weighted by molar-refractivity contribution is -0.119. The van der Waals surface area contributed by atoms with E-state index in [-0.39, 0.29) is 17.7 Å². The minimum atomic E-state index is -0.0184. The standard InChI is InChI=1S/C22H24N4O3S/c1-28-15-10-11-17(19(12-15)29-2)21-24-22(26-25-21)30-13-20(27)23-18-9-5-7-14-6-3-4-8-16(14)18/h3-4,6,8,10-12,18H,5,7,9,13H2,1-2H3,(H,23,27)(H,24,25,26). The summed E-state index contributed by atoms with van der Waals surface area (Å²) in [5, 5.41) is 10.8. The zero-order valence-corrected chi connectivity index (χ0v) is 17.8. The van der Waals surface area contributed by atoms with Gasteiger partial charge in [-0.25, -0.2) is 4.98 Å². The third-order valence-electron chi connectivity index (χ3n) is 5.17. The summed E-state index contributed by atoms with van der Waals surface area (Å²) in [7, 11) is 3.20. The van der Waals surface area contributed by atoms with Crippen LogP contribution in [0.4, 0.5) is 0 Å². The molecule has 0 saturated carbocycles. The first kappa shape index (κ1) is 20.3. The molecule has 1 aliphatic carbocycles. The smallest absolute Gasteiger partial charge is 0.230 e. The van der Waals surface area contributed by atoms with Crippen LogP contribution in [0.3, 0.4) is 0 Å². The molecule has 3 aromatic rings. The number of rotatable bonds is 7. The summed E-state index contributed by atoms with van der Waals surface area (Å²) in [6, 6.07) is 13.9. The lowest BCUT2D eigenvalue weighted by atomic mass is 9.88. The normalized spacial score (nSPS) is 15.3. The van der Waals surface area contributed by atoms with Crippen molar-refractivity contribution in [2.45, 2.75) is 30.5 Å². The van der Waals surface area contributed by atoms with E-state index in [0.717, 1.165) is 24.8 Å². The van der Waals surface area contributed by atoms with Crippen LogP contribution >= 0.6 is 11.8 Å². The van der Waals surface area contributed by atoms with Gasteiger partial charge in [0.05, 0.1) is 31.6 Å². The van der Waals surface area contributed by atoms with E-state index in [4.69, 9.17) is 9.47 Å². The van der Waals surface area contributed by atoms with E-state index in [0.29, 0.717) is 22.5 Å². The second kappa shape index (κ2) is 9.21. The number of hydrogen-bond donors (Lipinski definition) is 2. The Hall–Kier alpha value is -3.00. The van der Waals surface area contributed by atoms with Gasteiger partial charge in [-0.1, -0.05) is 36.0 Å². The molecule has 1 unspecified atom stereocenters. The van der Waals surface area contributed by atoms with Crippen LogP contribution < -0.4 is 14.8 Å². The van der Waals surface area contributed by atoms with E-state index in [1.165, 1.54) is 22.9 Å². The molecule has 0 saturated heterocycles. The minimum absolute atomic E-state index is 0.0184. The Morgan fingerprint density at radius 3 is 2.93 bits per heavy atom. The van der Waals surface area contributed by atoms with Gasteiger partial charge in [-0.3, -0.25) is 9.89 Å². The molecule has 8 heteroatoms. The minimum Gasteiger partial charge on any atom is -0.497 e. The molecular formula is C22H24N4O3S. The second-order valence-electron chi connectivity index (χ2n) is 7.03. The topological polar surface area (TPSA) is 89.1 Å². The van der Waals surface area contributed by atoms with E-state index < -0.39 is 0 Å². The van der Waals surface area contributed by atoms with Crippen LogP contribution in [0, 0.1) is 0 Å². The molecule has 30 heavy (non-hydrogen) atoms. The van der Waals surface area contributed by atoms with Gasteiger partial charge in [-0.05, 0) is 42.5 Å². The maximum absolute atomic E-state index is 12.5. The number of carbonyl (C=O) groups excluding carboxylic acids is 1. The lowest BCUT2D eigenvalue weighted by Crippen LogP contribution is -2.32. The SMILES string of the molecule is COc1ccc(-c2nc(SCC(=O)NC3CCCc4ccccc43)n[nH]2)c(OC)c1. The van der Waals surface area contributed by atoms with Crippen molar-refractivity contribution in [1.29, 1.82) is 0 Å². The number of aromatic nitrogens is 3. The number of nitrogens with zero attached hydrogens (tertiary/aromatic N) is 2. The molecule has 1 aromatic heterocycles. The summed E-state index contributed by atoms with van der Waals surface area (Å²) in [4.78, 5) is 17.0. The largest absolute Gasteiger partial charge is 0.497 e. The maximum Gasteiger partial charge on any atom is 0.230 e. The molecule has 0 spiro atoms. The Morgan fingerprint density at radius 1 is 1.23 bits per heavy atom. The highest BCUT2D eigenvalue weighted by Gasteiger charge is 2.21. The van der Waals surface area contributed by atoms with E-state index in [2.05, 4.69) is 38.7 Å². The summed E-state index contributed by atoms with van der Waals surface area (Å²) in [6.07, 6.45) is 3.13. The molecule has 7 nitrogen and oxygen atoms in total. The summed E-state index contributed by atoms with van der Waals surface area (Å²) in [5.41, 5.74) is 3.34. The zero-order valence-electron chi connectivity index (χ0n) is 17.0. The molecule has 156 valence electrons. The number of aryl methyl sites for hydroxylation is 1. The Bertz CT molecular complexity index is 1040. The van der Waals surface area contributed by atoms with Crippen molar-refractivity contribution in [2.75, 3.05) is 20.0 Å². The first-order chi connectivity index (χ1) is 14.7. The Labute approximate surface area is 179 Å². The highest BCUT2D eigenvalue weighted by atomic mass is 32.2. The number of hydrogen-bond acceptors (Lipinski definition) is 6. The van der Waals surface area contributed by atoms with Crippen LogP contribution in [-0.4, -0.2) is 41.1 Å². The monoisotopic (exact) mass is 424 g/mol. The van der Waals surface area contributed by atoms with Crippen LogP contribution in [-0.2, 0) is 11.2 Å². The number of amides is 1. The second-order valence-corrected chi connectivity index (χ2v) is 7.98. The van der Waals surface area contributed by atoms with Gasteiger partial charge in [0.15, 0.2) is 5.82 Å². The molecule has 0 fully saturated rings. The fourth-order valence-corrected chi connectivity index (χ4v) is 4.31. The zero-order chi connectivity index (χ0) is 20.9. The maximum atomic E-state index is 12.5. The molecule has 1 amide bonds. The number of aromatic amines is 1. The quantitative estimate of drug-likeness (QED) is 0.561. The number of nitrogens with one attached hydrogen (secondary N) is 2. The fourth-order valence-electron chi connectivity index (χ4n) is 3.70. The summed E-state index contributed by atoms with van der Waals surface area (Å²) >= 11 is 1.30. The number of methoxy groups -OCH3 is 2. The Balaban J connectivity index is 1.38. The highest BCUT2D eigenvalue weighted by Crippen LogP contribution is 2.32. The summed E-state index contributed by atoms with van der Waals surface area (Å²) in [5.74, 6) is 2.16. The van der Waals surface area contributed by atoms with E-state index >= 15 is 0 Å². The molecule has 0 radical (unpaired) electrons. The highest BCUT2D eigenvalue weighted by molar-refractivity contribution is 7.99. The van der Waals surface area contributed by atoms with Crippen molar-refractivity contribution < 1.29 is 14.3 Å². The Kier molecular flexibility index (Phi) is 6.23. The van der Waals surface area contributed by atoms with Gasteiger partial charge in [0.2, 0.25) is 11.1 Å². The van der Waals surface area contributed by atoms with Crippen molar-refractivity contribution >= 4 is 17.7 Å². The van der Waals surface area contributed by atoms with Gasteiger partial charge in [-0.2, -0.15) is 0 Å². The van der Waals surface area contributed by atoms with Crippen LogP contribution in [0.15, 0.2) is 47.6 Å². The average molecular weight is 425 g/mol. The summed E-state index contributed by atoms with van der Waals surface area (Å²) < 4.78 is 10.7. The number of carbonyl (C=O) groups is 1. The van der Waals surface area contributed by atoms with Crippen LogP contribution in [0.25, 0.3) is 11.4 Å². The van der Waals surface area contributed by atoms with Gasteiger partial charge >= 0.3 is 0 Å². The van der Waals surface area contributed by atoms with Crippen molar-refractivity contribution in [1.82, 2.24) is 20.5 Å². The van der Waals surface area contributed by atoms with Crippen LogP contribution in [0.2, 0.25) is 0 Å². The Morgan fingerprint density at radius 2 is 2.10 bits per heavy atom. The molecule has 2 aromatic carbocycles. The van der Waals surface area contributed by atoms with Gasteiger partial charge in [0.25, 0.3) is 0 Å². The summed E-state index contributed by atoms with van der Waals surface area (Å²) in [6.45, 7) is 0. The third kappa shape index (κ3) is 4.43. The van der Waals surface area contributed by atoms with E-state index in [9.17, 15) is 4.79 Å². The molecule has 1 atom stereocenters. The van der Waals surface area contributed by atoms with Gasteiger partial charge < -0.3 is 14.8 Å². The van der Waals surface area contributed by atoms with Crippen molar-refractivity contribution in [3.63, 3.8) is 0 Å². The van der Waals surface area contributed by atoms with Gasteiger partial charge in [0.1, 0.15) is 11.5 Å². The predicted octanol–water partition coefficient (Wildman–Crippen LogP) is 3.77. The number of thioether (sulfide) groups is 1. The molecule has 1 aliphatic rings. The third-order valence-corrected chi connectivity index (χ3v) is 6.01. The first-order valence-corrected chi connectivity index (χ1v) is 10.8. The molecule has 0 aliphatic heterocycles. The van der Waals surface area contributed by atoms with Crippen molar-refractivity contribution in [3.05, 3.63) is 53.6 Å². The predicted molar refractivity (Wildman–Crippen MR) is 116 cm³/mol. The number of ether oxygens (including phenoxy) is 2. The van der Waals surface area contributed by atoms with Gasteiger partial charge in [-0.15, -0.1) is 5.10 Å². The molecule has 2 N–H and O–H groups in total. The number of H-pyrrole nitrogens is 1. The fraction of sp³-hybridized carbons (Fsp3) is 0.318.